The first-order chi connectivity index (χ1) is 9.66. The number of amides is 1. The minimum Gasteiger partial charge on any atom is -0.391 e. The third-order valence-corrected chi connectivity index (χ3v) is 3.84. The quantitative estimate of drug-likeness (QED) is 0.734. The second kappa shape index (κ2) is 3.80. The van der Waals surface area contributed by atoms with Gasteiger partial charge in [-0.15, -0.1) is 0 Å². The highest BCUT2D eigenvalue weighted by Crippen LogP contribution is 2.36. The van der Waals surface area contributed by atoms with Gasteiger partial charge in [0.2, 0.25) is 0 Å². The summed E-state index contributed by atoms with van der Waals surface area (Å²) in [6.07, 6.45) is -0.263. The van der Waals surface area contributed by atoms with Crippen LogP contribution < -0.4 is 5.76 Å². The van der Waals surface area contributed by atoms with Crippen LogP contribution in [0.3, 0.4) is 0 Å². The predicted molar refractivity (Wildman–Crippen MR) is 66.5 cm³/mol. The zero-order valence-electron chi connectivity index (χ0n) is 10.4. The molecule has 0 aliphatic carbocycles. The molecule has 7 nitrogen and oxygen atoms in total. The standard InChI is InChI=1S/C13H11N3O4/c17-7-5-10-11-14-20-13(19)16(11)9-4-2-1-3-8(9)12(18)15(10)6-7/h1-4,7,10,17H,5-6H2/t7-,10+/m1/s1. The summed E-state index contributed by atoms with van der Waals surface area (Å²) < 4.78 is 6.06. The average Bonchev–Trinajstić information content (AvgIpc) is 2.98. The van der Waals surface area contributed by atoms with Gasteiger partial charge < -0.3 is 10.0 Å². The molecule has 1 aromatic carbocycles. The predicted octanol–water partition coefficient (Wildman–Crippen LogP) is 0.0870. The maximum Gasteiger partial charge on any atom is 0.446 e. The minimum atomic E-state index is -0.622. The number of rotatable bonds is 0. The summed E-state index contributed by atoms with van der Waals surface area (Å²) in [5, 5.41) is 13.6. The van der Waals surface area contributed by atoms with Gasteiger partial charge in [-0.1, -0.05) is 17.3 Å². The van der Waals surface area contributed by atoms with Gasteiger partial charge in [0.25, 0.3) is 5.91 Å². The molecule has 2 aliphatic heterocycles. The van der Waals surface area contributed by atoms with Crippen LogP contribution in [0.5, 0.6) is 0 Å². The van der Waals surface area contributed by atoms with Crippen molar-refractivity contribution >= 4 is 5.91 Å². The number of para-hydroxylation sites is 1. The smallest absolute Gasteiger partial charge is 0.391 e. The van der Waals surface area contributed by atoms with Crippen LogP contribution in [0.2, 0.25) is 0 Å². The molecule has 1 amide bonds. The lowest BCUT2D eigenvalue weighted by molar-refractivity contribution is 0.0714. The molecule has 1 N–H and O–H groups in total. The number of fused-ring (bicyclic) bond motifs is 5. The number of hydrogen-bond acceptors (Lipinski definition) is 5. The molecule has 2 atom stereocenters. The van der Waals surface area contributed by atoms with Crippen LogP contribution in [0.25, 0.3) is 5.69 Å². The van der Waals surface area contributed by atoms with E-state index in [9.17, 15) is 14.7 Å². The van der Waals surface area contributed by atoms with Crippen LogP contribution in [-0.2, 0) is 0 Å². The molecule has 0 radical (unpaired) electrons. The third kappa shape index (κ3) is 1.35. The summed E-state index contributed by atoms with van der Waals surface area (Å²) in [6, 6.07) is 6.40. The van der Waals surface area contributed by atoms with Crippen LogP contribution in [0, 0.1) is 0 Å². The van der Waals surface area contributed by atoms with Crippen molar-refractivity contribution in [1.29, 1.82) is 0 Å². The maximum atomic E-state index is 12.6. The molecule has 7 heteroatoms. The Morgan fingerprint density at radius 3 is 2.95 bits per heavy atom. The molecule has 20 heavy (non-hydrogen) atoms. The van der Waals surface area contributed by atoms with E-state index in [1.54, 1.807) is 29.2 Å². The summed E-state index contributed by atoms with van der Waals surface area (Å²) in [6.45, 7) is 0.235. The molecule has 2 aliphatic rings. The van der Waals surface area contributed by atoms with Crippen LogP contribution in [0.15, 0.2) is 33.6 Å². The van der Waals surface area contributed by atoms with E-state index in [0.717, 1.165) is 0 Å². The lowest BCUT2D eigenvalue weighted by atomic mass is 10.1. The number of carbonyl (C=O) groups is 1. The molecule has 2 aromatic rings. The number of aliphatic hydroxyl groups is 1. The highest BCUT2D eigenvalue weighted by atomic mass is 16.5. The Hall–Kier alpha value is -2.41. The van der Waals surface area contributed by atoms with Crippen LogP contribution in [0.4, 0.5) is 0 Å². The van der Waals surface area contributed by atoms with Crippen molar-refractivity contribution in [3.8, 4) is 5.69 Å². The Labute approximate surface area is 113 Å². The molecule has 1 aromatic heterocycles. The summed E-state index contributed by atoms with van der Waals surface area (Å²) in [4.78, 5) is 26.0. The van der Waals surface area contributed by atoms with Crippen molar-refractivity contribution in [2.24, 2.45) is 0 Å². The number of nitrogens with zero attached hydrogens (tertiary/aromatic N) is 3. The van der Waals surface area contributed by atoms with Crippen molar-refractivity contribution in [3.63, 3.8) is 0 Å². The molecule has 0 saturated carbocycles. The fraction of sp³-hybridized carbons (Fsp3) is 0.308. The van der Waals surface area contributed by atoms with Crippen LogP contribution >= 0.6 is 0 Å². The molecule has 0 unspecified atom stereocenters. The second-order valence-corrected chi connectivity index (χ2v) is 5.02. The summed E-state index contributed by atoms with van der Waals surface area (Å²) in [5.74, 6) is -0.458. The van der Waals surface area contributed by atoms with E-state index in [1.807, 2.05) is 0 Å². The van der Waals surface area contributed by atoms with E-state index in [1.165, 1.54) is 4.57 Å². The lowest BCUT2D eigenvalue weighted by Gasteiger charge is -2.20. The topological polar surface area (TPSA) is 88.6 Å². The third-order valence-electron chi connectivity index (χ3n) is 3.84. The average molecular weight is 273 g/mol. The summed E-state index contributed by atoms with van der Waals surface area (Å²) in [7, 11) is 0. The van der Waals surface area contributed by atoms with E-state index in [4.69, 9.17) is 4.52 Å². The summed E-state index contributed by atoms with van der Waals surface area (Å²) in [5.41, 5.74) is 0.887. The molecule has 102 valence electrons. The zero-order chi connectivity index (χ0) is 13.9. The van der Waals surface area contributed by atoms with Gasteiger partial charge in [-0.05, 0) is 12.1 Å². The van der Waals surface area contributed by atoms with E-state index in [2.05, 4.69) is 5.16 Å². The lowest BCUT2D eigenvalue weighted by Crippen LogP contribution is -2.31. The van der Waals surface area contributed by atoms with Gasteiger partial charge in [0.1, 0.15) is 0 Å². The van der Waals surface area contributed by atoms with Gasteiger partial charge in [0, 0.05) is 13.0 Å². The Kier molecular flexibility index (Phi) is 2.17. The van der Waals surface area contributed by atoms with E-state index < -0.39 is 17.9 Å². The van der Waals surface area contributed by atoms with Crippen molar-refractivity contribution < 1.29 is 14.4 Å². The number of carbonyl (C=O) groups excluding carboxylic acids is 1. The fourth-order valence-electron chi connectivity index (χ4n) is 2.98. The molecule has 0 spiro atoms. The van der Waals surface area contributed by atoms with Crippen molar-refractivity contribution in [2.75, 3.05) is 6.54 Å². The van der Waals surface area contributed by atoms with Gasteiger partial charge in [0.05, 0.1) is 23.4 Å². The molecule has 1 saturated heterocycles. The molecule has 3 heterocycles. The minimum absolute atomic E-state index is 0.202. The SMILES string of the molecule is O=C1c2ccccc2-n2c(noc2=O)[C@@H]2C[C@@H](O)CN12. The molecule has 0 bridgehead atoms. The highest BCUT2D eigenvalue weighted by Gasteiger charge is 2.42. The van der Waals surface area contributed by atoms with Crippen LogP contribution in [-0.4, -0.2) is 38.3 Å². The number of aromatic nitrogens is 2. The highest BCUT2D eigenvalue weighted by molar-refractivity contribution is 5.98. The number of benzene rings is 1. The molecule has 4 rings (SSSR count). The largest absolute Gasteiger partial charge is 0.446 e. The Morgan fingerprint density at radius 2 is 2.10 bits per heavy atom. The Bertz CT molecular complexity index is 763. The van der Waals surface area contributed by atoms with Gasteiger partial charge in [-0.2, -0.15) is 0 Å². The van der Waals surface area contributed by atoms with Gasteiger partial charge in [0.15, 0.2) is 5.82 Å². The first-order valence-electron chi connectivity index (χ1n) is 6.34. The van der Waals surface area contributed by atoms with Gasteiger partial charge in [-0.3, -0.25) is 9.32 Å². The van der Waals surface area contributed by atoms with Crippen molar-refractivity contribution in [3.05, 3.63) is 46.2 Å². The first kappa shape index (κ1) is 11.4. The number of hydrogen-bond donors (Lipinski definition) is 1. The monoisotopic (exact) mass is 273 g/mol. The van der Waals surface area contributed by atoms with Gasteiger partial charge in [-0.25, -0.2) is 9.36 Å². The molecular weight excluding hydrogens is 262 g/mol. The molecular formula is C13H11N3O4. The first-order valence-corrected chi connectivity index (χ1v) is 6.34. The Balaban J connectivity index is 2.05. The zero-order valence-corrected chi connectivity index (χ0v) is 10.4. The van der Waals surface area contributed by atoms with Crippen LogP contribution in [0.1, 0.15) is 28.6 Å². The van der Waals surface area contributed by atoms with Crippen molar-refractivity contribution in [2.45, 2.75) is 18.6 Å². The van der Waals surface area contributed by atoms with E-state index in [0.29, 0.717) is 23.5 Å². The maximum absolute atomic E-state index is 12.6. The van der Waals surface area contributed by atoms with E-state index >= 15 is 0 Å². The molecule has 1 fully saturated rings. The summed E-state index contributed by atoms with van der Waals surface area (Å²) >= 11 is 0. The van der Waals surface area contributed by atoms with Gasteiger partial charge >= 0.3 is 5.76 Å². The number of aliphatic hydroxyl groups excluding tert-OH is 1. The Morgan fingerprint density at radius 1 is 1.30 bits per heavy atom. The van der Waals surface area contributed by atoms with E-state index in [-0.39, 0.29) is 12.5 Å². The second-order valence-electron chi connectivity index (χ2n) is 5.02. The normalized spacial score (nSPS) is 24.1. The van der Waals surface area contributed by atoms with Crippen molar-refractivity contribution in [1.82, 2.24) is 14.6 Å². The fourth-order valence-corrected chi connectivity index (χ4v) is 2.98.